The van der Waals surface area contributed by atoms with Crippen LogP contribution in [0.3, 0.4) is 0 Å². The van der Waals surface area contributed by atoms with E-state index in [-0.39, 0.29) is 18.5 Å². The number of rotatable bonds is 12. The monoisotopic (exact) mass is 525 g/mol. The highest BCUT2D eigenvalue weighted by molar-refractivity contribution is 6.32. The number of anilines is 2. The first-order valence-corrected chi connectivity index (χ1v) is 12.8. The maximum atomic E-state index is 13.1. The lowest BCUT2D eigenvalue weighted by Gasteiger charge is -2.25. The number of aromatic nitrogens is 4. The van der Waals surface area contributed by atoms with Crippen molar-refractivity contribution < 1.29 is 14.3 Å². The summed E-state index contributed by atoms with van der Waals surface area (Å²) in [6, 6.07) is 7.47. The molecule has 3 aromatic rings. The Morgan fingerprint density at radius 3 is 2.81 bits per heavy atom. The van der Waals surface area contributed by atoms with E-state index >= 15 is 0 Å². The van der Waals surface area contributed by atoms with Gasteiger partial charge in [-0.1, -0.05) is 24.6 Å². The molecule has 1 aromatic carbocycles. The zero-order valence-electron chi connectivity index (χ0n) is 21.1. The Morgan fingerprint density at radius 1 is 1.22 bits per heavy atom. The second kappa shape index (κ2) is 13.2. The summed E-state index contributed by atoms with van der Waals surface area (Å²) in [6.45, 7) is 4.89. The lowest BCUT2D eigenvalue weighted by molar-refractivity contribution is 0.0950. The smallest absolute Gasteiger partial charge is 0.256 e. The van der Waals surface area contributed by atoms with Gasteiger partial charge in [-0.2, -0.15) is 4.98 Å². The third-order valence-electron chi connectivity index (χ3n) is 6.02. The first kappa shape index (κ1) is 26.6. The standard InChI is InChI=1S/C26H32ClN7O3/c1-3-12-37-17-19-6-4-11-34(19)26-32-15-20(25(35)31-16-23-28-9-5-10-29-23)24(33-26)30-14-18-7-8-22(36-2)21(27)13-18/h5,7-10,13,15,19H,3-4,6,11-12,14,16-17H2,1-2H3,(H,31,35)(H,30,32,33). The number of nitrogens with one attached hydrogen (secondary N) is 2. The minimum atomic E-state index is -0.321. The van der Waals surface area contributed by atoms with Gasteiger partial charge in [-0.05, 0) is 43.0 Å². The van der Waals surface area contributed by atoms with Gasteiger partial charge in [0, 0.05) is 38.3 Å². The third-order valence-corrected chi connectivity index (χ3v) is 6.31. The van der Waals surface area contributed by atoms with Gasteiger partial charge in [0.15, 0.2) is 0 Å². The molecule has 0 saturated carbocycles. The molecule has 3 heterocycles. The Labute approximate surface area is 221 Å². The van der Waals surface area contributed by atoms with E-state index in [0.717, 1.165) is 38.0 Å². The molecule has 0 radical (unpaired) electrons. The molecule has 1 aliphatic heterocycles. The average Bonchev–Trinajstić information content (AvgIpc) is 3.40. The molecule has 0 spiro atoms. The summed E-state index contributed by atoms with van der Waals surface area (Å²) in [4.78, 5) is 32.9. The molecule has 1 fully saturated rings. The van der Waals surface area contributed by atoms with Crippen LogP contribution in [0.5, 0.6) is 5.75 Å². The van der Waals surface area contributed by atoms with E-state index in [1.54, 1.807) is 31.8 Å². The van der Waals surface area contributed by atoms with E-state index < -0.39 is 0 Å². The molecule has 1 unspecified atom stereocenters. The van der Waals surface area contributed by atoms with Crippen LogP contribution in [0.1, 0.15) is 47.9 Å². The summed E-state index contributed by atoms with van der Waals surface area (Å²) in [5.74, 6) is 1.80. The number of nitrogens with zero attached hydrogens (tertiary/aromatic N) is 5. The summed E-state index contributed by atoms with van der Waals surface area (Å²) in [5, 5.41) is 6.67. The van der Waals surface area contributed by atoms with Crippen LogP contribution in [-0.2, 0) is 17.8 Å². The van der Waals surface area contributed by atoms with Crippen LogP contribution in [0.15, 0.2) is 42.9 Å². The lowest BCUT2D eigenvalue weighted by atomic mass is 10.2. The Morgan fingerprint density at radius 2 is 2.05 bits per heavy atom. The molecule has 196 valence electrons. The largest absolute Gasteiger partial charge is 0.495 e. The second-order valence-corrected chi connectivity index (χ2v) is 9.07. The number of ether oxygens (including phenoxy) is 2. The van der Waals surface area contributed by atoms with Crippen LogP contribution in [0, 0.1) is 0 Å². The van der Waals surface area contributed by atoms with Gasteiger partial charge in [0.05, 0.1) is 31.3 Å². The van der Waals surface area contributed by atoms with E-state index in [4.69, 9.17) is 26.1 Å². The van der Waals surface area contributed by atoms with Crippen LogP contribution in [-0.4, -0.2) is 58.8 Å². The van der Waals surface area contributed by atoms with Crippen molar-refractivity contribution in [3.05, 3.63) is 64.8 Å². The van der Waals surface area contributed by atoms with Gasteiger partial charge in [0.2, 0.25) is 5.95 Å². The molecular weight excluding hydrogens is 494 g/mol. The molecule has 10 nitrogen and oxygen atoms in total. The first-order chi connectivity index (χ1) is 18.1. The number of hydrogen-bond acceptors (Lipinski definition) is 9. The molecule has 1 saturated heterocycles. The molecule has 1 aliphatic rings. The average molecular weight is 526 g/mol. The van der Waals surface area contributed by atoms with Crippen molar-refractivity contribution in [3.63, 3.8) is 0 Å². The van der Waals surface area contributed by atoms with Crippen molar-refractivity contribution in [1.82, 2.24) is 25.3 Å². The maximum absolute atomic E-state index is 13.1. The van der Waals surface area contributed by atoms with Crippen molar-refractivity contribution in [1.29, 1.82) is 0 Å². The number of carbonyl (C=O) groups is 1. The predicted octanol–water partition coefficient (Wildman–Crippen LogP) is 3.87. The normalized spacial score (nSPS) is 15.0. The molecule has 2 aromatic heterocycles. The number of methoxy groups -OCH3 is 1. The molecule has 0 bridgehead atoms. The van der Waals surface area contributed by atoms with E-state index in [1.807, 2.05) is 18.2 Å². The summed E-state index contributed by atoms with van der Waals surface area (Å²) in [6.07, 6.45) is 7.86. The molecule has 2 N–H and O–H groups in total. The van der Waals surface area contributed by atoms with Crippen LogP contribution >= 0.6 is 11.6 Å². The topological polar surface area (TPSA) is 114 Å². The second-order valence-electron chi connectivity index (χ2n) is 8.67. The van der Waals surface area contributed by atoms with E-state index in [2.05, 4.69) is 37.4 Å². The van der Waals surface area contributed by atoms with Gasteiger partial charge in [-0.15, -0.1) is 0 Å². The number of benzene rings is 1. The van der Waals surface area contributed by atoms with Crippen molar-refractivity contribution in [3.8, 4) is 5.75 Å². The van der Waals surface area contributed by atoms with E-state index in [9.17, 15) is 4.79 Å². The number of amides is 1. The summed E-state index contributed by atoms with van der Waals surface area (Å²) >= 11 is 6.30. The fourth-order valence-corrected chi connectivity index (χ4v) is 4.41. The minimum Gasteiger partial charge on any atom is -0.495 e. The van der Waals surface area contributed by atoms with Crippen molar-refractivity contribution >= 4 is 29.3 Å². The Bertz CT molecular complexity index is 1180. The Balaban J connectivity index is 1.54. The molecule has 11 heteroatoms. The molecule has 37 heavy (non-hydrogen) atoms. The molecule has 1 amide bonds. The van der Waals surface area contributed by atoms with E-state index in [0.29, 0.717) is 47.1 Å². The summed E-state index contributed by atoms with van der Waals surface area (Å²) in [7, 11) is 1.58. The van der Waals surface area contributed by atoms with Gasteiger partial charge < -0.3 is 25.0 Å². The fourth-order valence-electron chi connectivity index (χ4n) is 4.13. The third kappa shape index (κ3) is 7.05. The highest BCUT2D eigenvalue weighted by Gasteiger charge is 2.28. The SMILES string of the molecule is CCCOCC1CCCN1c1ncc(C(=O)NCc2ncccn2)c(NCc2ccc(OC)c(Cl)c2)n1. The van der Waals surface area contributed by atoms with Crippen molar-refractivity contribution in [2.24, 2.45) is 0 Å². The maximum Gasteiger partial charge on any atom is 0.256 e. The Kier molecular flexibility index (Phi) is 9.45. The Hall–Kier alpha value is -3.50. The van der Waals surface area contributed by atoms with Crippen molar-refractivity contribution in [2.75, 3.05) is 37.1 Å². The van der Waals surface area contributed by atoms with Crippen LogP contribution in [0.2, 0.25) is 5.02 Å². The van der Waals surface area contributed by atoms with Gasteiger partial charge in [0.25, 0.3) is 5.91 Å². The van der Waals surface area contributed by atoms with E-state index in [1.165, 1.54) is 0 Å². The molecule has 0 aliphatic carbocycles. The number of carbonyl (C=O) groups excluding carboxylic acids is 1. The van der Waals surface area contributed by atoms with Crippen LogP contribution in [0.4, 0.5) is 11.8 Å². The molecule has 4 rings (SSSR count). The summed E-state index contributed by atoms with van der Waals surface area (Å²) in [5.41, 5.74) is 1.25. The zero-order valence-corrected chi connectivity index (χ0v) is 21.9. The molecule has 1 atom stereocenters. The quantitative estimate of drug-likeness (QED) is 0.340. The van der Waals surface area contributed by atoms with Gasteiger partial charge in [-0.3, -0.25) is 4.79 Å². The minimum absolute atomic E-state index is 0.192. The highest BCUT2D eigenvalue weighted by Crippen LogP contribution is 2.27. The predicted molar refractivity (Wildman–Crippen MR) is 142 cm³/mol. The van der Waals surface area contributed by atoms with Gasteiger partial charge >= 0.3 is 0 Å². The fraction of sp³-hybridized carbons (Fsp3) is 0.423. The molecular formula is C26H32ClN7O3. The van der Waals surface area contributed by atoms with Crippen molar-refractivity contribution in [2.45, 2.75) is 45.3 Å². The number of halogens is 1. The highest BCUT2D eigenvalue weighted by atomic mass is 35.5. The zero-order chi connectivity index (χ0) is 26.0. The van der Waals surface area contributed by atoms with Crippen LogP contribution < -0.4 is 20.3 Å². The van der Waals surface area contributed by atoms with Crippen LogP contribution in [0.25, 0.3) is 0 Å². The first-order valence-electron chi connectivity index (χ1n) is 12.4. The van der Waals surface area contributed by atoms with Gasteiger partial charge in [0.1, 0.15) is 23.0 Å². The number of hydrogen-bond donors (Lipinski definition) is 2. The lowest BCUT2D eigenvalue weighted by Crippen LogP contribution is -2.35. The van der Waals surface area contributed by atoms with Gasteiger partial charge in [-0.25, -0.2) is 15.0 Å². The summed E-state index contributed by atoms with van der Waals surface area (Å²) < 4.78 is 11.1.